The highest BCUT2D eigenvalue weighted by Crippen LogP contribution is 2.41. The summed E-state index contributed by atoms with van der Waals surface area (Å²) in [4.78, 5) is 28.2. The highest BCUT2D eigenvalue weighted by atomic mass is 16.5. The van der Waals surface area contributed by atoms with Crippen LogP contribution < -0.4 is 4.90 Å². The molecule has 0 aromatic carbocycles. The summed E-state index contributed by atoms with van der Waals surface area (Å²) in [5.41, 5.74) is 0.876. The smallest absolute Gasteiger partial charge is 0.248 e. The van der Waals surface area contributed by atoms with Gasteiger partial charge in [0.2, 0.25) is 5.91 Å². The number of fused-ring (bicyclic) bond motifs is 2. The molecule has 4 rings (SSSR count). The molecule has 1 N–H and O–H groups in total. The fourth-order valence-electron chi connectivity index (χ4n) is 4.32. The standard InChI is InChI=1S/C17H23N5O2/c1-21(17-14-3-4-18-16(14)19-10-20-17)13-5-11-7-22(8-12(11)6-13)15(23)9-24-2/h3-4,10-13H,5-9H2,1-2H3,(H,18,19,20)/t11-,12+,13+. The van der Waals surface area contributed by atoms with Crippen LogP contribution in [0.4, 0.5) is 5.82 Å². The molecule has 1 saturated carbocycles. The molecule has 7 heteroatoms. The maximum Gasteiger partial charge on any atom is 0.248 e. The van der Waals surface area contributed by atoms with Crippen LogP contribution in [0, 0.1) is 11.8 Å². The Bertz CT molecular complexity index is 731. The Morgan fingerprint density at radius 3 is 2.83 bits per heavy atom. The van der Waals surface area contributed by atoms with E-state index >= 15 is 0 Å². The van der Waals surface area contributed by atoms with E-state index in [1.54, 1.807) is 13.4 Å². The maximum absolute atomic E-state index is 12.0. The first-order valence-corrected chi connectivity index (χ1v) is 8.45. The number of likely N-dealkylation sites (tertiary alicyclic amines) is 1. The van der Waals surface area contributed by atoms with E-state index < -0.39 is 0 Å². The van der Waals surface area contributed by atoms with Gasteiger partial charge in [0.25, 0.3) is 0 Å². The molecule has 1 amide bonds. The van der Waals surface area contributed by atoms with Crippen molar-refractivity contribution in [1.29, 1.82) is 0 Å². The monoisotopic (exact) mass is 329 g/mol. The number of amides is 1. The molecular formula is C17H23N5O2. The minimum atomic E-state index is 0.113. The fourth-order valence-corrected chi connectivity index (χ4v) is 4.32. The van der Waals surface area contributed by atoms with Gasteiger partial charge >= 0.3 is 0 Å². The van der Waals surface area contributed by atoms with Gasteiger partial charge in [-0.25, -0.2) is 9.97 Å². The van der Waals surface area contributed by atoms with E-state index in [1.165, 1.54) is 0 Å². The molecule has 2 aromatic rings. The van der Waals surface area contributed by atoms with Crippen LogP contribution in [0.25, 0.3) is 11.0 Å². The van der Waals surface area contributed by atoms with Crippen molar-refractivity contribution >= 4 is 22.8 Å². The molecule has 1 saturated heterocycles. The summed E-state index contributed by atoms with van der Waals surface area (Å²) in [7, 11) is 3.69. The SMILES string of the molecule is COCC(=O)N1C[C@H]2C[C@H](N(C)c3ncnc4[nH]ccc34)C[C@H]2C1. The zero-order valence-electron chi connectivity index (χ0n) is 14.1. The van der Waals surface area contributed by atoms with Gasteiger partial charge in [0.15, 0.2) is 0 Å². The van der Waals surface area contributed by atoms with Crippen molar-refractivity contribution in [2.24, 2.45) is 11.8 Å². The third kappa shape index (κ3) is 2.53. The molecular weight excluding hydrogens is 306 g/mol. The van der Waals surface area contributed by atoms with Crippen LogP contribution in [-0.4, -0.2) is 65.7 Å². The fraction of sp³-hybridized carbons (Fsp3) is 0.588. The van der Waals surface area contributed by atoms with Crippen LogP contribution in [-0.2, 0) is 9.53 Å². The first-order chi connectivity index (χ1) is 11.7. The van der Waals surface area contributed by atoms with E-state index in [1.807, 2.05) is 17.2 Å². The van der Waals surface area contributed by atoms with Crippen LogP contribution in [0.15, 0.2) is 18.6 Å². The van der Waals surface area contributed by atoms with Crippen molar-refractivity contribution in [3.8, 4) is 0 Å². The topological polar surface area (TPSA) is 74.3 Å². The lowest BCUT2D eigenvalue weighted by Crippen LogP contribution is -2.35. The number of nitrogens with zero attached hydrogens (tertiary/aromatic N) is 4. The number of anilines is 1. The van der Waals surface area contributed by atoms with Gasteiger partial charge in [-0.15, -0.1) is 0 Å². The summed E-state index contributed by atoms with van der Waals surface area (Å²) in [6.45, 7) is 1.91. The van der Waals surface area contributed by atoms with Crippen molar-refractivity contribution < 1.29 is 9.53 Å². The number of H-pyrrole nitrogens is 1. The van der Waals surface area contributed by atoms with Gasteiger partial charge in [-0.3, -0.25) is 4.79 Å². The van der Waals surface area contributed by atoms with Crippen LogP contribution in [0.5, 0.6) is 0 Å². The van der Waals surface area contributed by atoms with Crippen molar-refractivity contribution in [3.05, 3.63) is 18.6 Å². The molecule has 0 bridgehead atoms. The van der Waals surface area contributed by atoms with Crippen LogP contribution in [0.1, 0.15) is 12.8 Å². The Hall–Kier alpha value is -2.15. The average Bonchev–Trinajstić information content (AvgIpc) is 3.27. The number of carbonyl (C=O) groups excluding carboxylic acids is 1. The second-order valence-corrected chi connectivity index (χ2v) is 6.93. The number of aromatic nitrogens is 3. The van der Waals surface area contributed by atoms with Crippen molar-refractivity contribution in [2.45, 2.75) is 18.9 Å². The van der Waals surface area contributed by atoms with E-state index in [4.69, 9.17) is 4.74 Å². The molecule has 0 radical (unpaired) electrons. The quantitative estimate of drug-likeness (QED) is 0.914. The summed E-state index contributed by atoms with van der Waals surface area (Å²) >= 11 is 0. The van der Waals surface area contributed by atoms with E-state index in [0.29, 0.717) is 17.9 Å². The molecule has 3 atom stereocenters. The minimum absolute atomic E-state index is 0.113. The highest BCUT2D eigenvalue weighted by molar-refractivity contribution is 5.87. The highest BCUT2D eigenvalue weighted by Gasteiger charge is 2.43. The third-order valence-electron chi connectivity index (χ3n) is 5.56. The normalized spacial score (nSPS) is 26.1. The molecule has 0 spiro atoms. The first-order valence-electron chi connectivity index (χ1n) is 8.45. The molecule has 1 aliphatic heterocycles. The summed E-state index contributed by atoms with van der Waals surface area (Å²) in [5.74, 6) is 2.27. The molecule has 2 aromatic heterocycles. The number of ether oxygens (including phenoxy) is 1. The summed E-state index contributed by atoms with van der Waals surface area (Å²) in [5, 5.41) is 1.06. The zero-order valence-corrected chi connectivity index (χ0v) is 14.1. The molecule has 0 unspecified atom stereocenters. The van der Waals surface area contributed by atoms with E-state index in [0.717, 1.165) is 42.8 Å². The van der Waals surface area contributed by atoms with Gasteiger partial charge in [0.05, 0.1) is 5.39 Å². The van der Waals surface area contributed by atoms with Gasteiger partial charge in [-0.2, -0.15) is 0 Å². The van der Waals surface area contributed by atoms with Gasteiger partial charge in [-0.05, 0) is 30.7 Å². The van der Waals surface area contributed by atoms with E-state index in [9.17, 15) is 4.79 Å². The Balaban J connectivity index is 1.45. The number of rotatable bonds is 4. The first kappa shape index (κ1) is 15.4. The predicted octanol–water partition coefficient (Wildman–Crippen LogP) is 1.28. The number of hydrogen-bond acceptors (Lipinski definition) is 5. The Kier molecular flexibility index (Phi) is 3.88. The van der Waals surface area contributed by atoms with E-state index in [2.05, 4.69) is 26.9 Å². The Labute approximate surface area is 141 Å². The third-order valence-corrected chi connectivity index (χ3v) is 5.56. The lowest BCUT2D eigenvalue weighted by Gasteiger charge is -2.28. The lowest BCUT2D eigenvalue weighted by molar-refractivity contribution is -0.134. The molecule has 128 valence electrons. The number of methoxy groups -OCH3 is 1. The second-order valence-electron chi connectivity index (χ2n) is 6.93. The lowest BCUT2D eigenvalue weighted by atomic mass is 10.0. The second kappa shape index (κ2) is 6.05. The molecule has 7 nitrogen and oxygen atoms in total. The largest absolute Gasteiger partial charge is 0.375 e. The summed E-state index contributed by atoms with van der Waals surface area (Å²) in [6, 6.07) is 2.50. The summed E-state index contributed by atoms with van der Waals surface area (Å²) < 4.78 is 4.97. The van der Waals surface area contributed by atoms with Gasteiger partial charge in [-0.1, -0.05) is 0 Å². The molecule has 2 fully saturated rings. The van der Waals surface area contributed by atoms with Gasteiger partial charge in [0.1, 0.15) is 24.4 Å². The maximum atomic E-state index is 12.0. The Morgan fingerprint density at radius 2 is 2.12 bits per heavy atom. The number of aromatic amines is 1. The summed E-state index contributed by atoms with van der Waals surface area (Å²) in [6.07, 6.45) is 5.73. The number of hydrogen-bond donors (Lipinski definition) is 1. The molecule has 3 heterocycles. The van der Waals surface area contributed by atoms with Crippen molar-refractivity contribution in [3.63, 3.8) is 0 Å². The van der Waals surface area contributed by atoms with Crippen molar-refractivity contribution in [2.75, 3.05) is 38.8 Å². The average molecular weight is 329 g/mol. The number of carbonyl (C=O) groups is 1. The number of nitrogens with one attached hydrogen (secondary N) is 1. The zero-order chi connectivity index (χ0) is 16.7. The van der Waals surface area contributed by atoms with Gasteiger partial charge < -0.3 is 19.5 Å². The molecule has 24 heavy (non-hydrogen) atoms. The van der Waals surface area contributed by atoms with E-state index in [-0.39, 0.29) is 12.5 Å². The van der Waals surface area contributed by atoms with Crippen molar-refractivity contribution in [1.82, 2.24) is 19.9 Å². The predicted molar refractivity (Wildman–Crippen MR) is 90.7 cm³/mol. The molecule has 2 aliphatic rings. The van der Waals surface area contributed by atoms with Crippen LogP contribution in [0.3, 0.4) is 0 Å². The minimum Gasteiger partial charge on any atom is -0.375 e. The van der Waals surface area contributed by atoms with Crippen LogP contribution >= 0.6 is 0 Å². The Morgan fingerprint density at radius 1 is 1.38 bits per heavy atom. The molecule has 1 aliphatic carbocycles. The van der Waals surface area contributed by atoms with Gasteiger partial charge in [0, 0.05) is 39.5 Å². The van der Waals surface area contributed by atoms with Crippen LogP contribution in [0.2, 0.25) is 0 Å².